The molecule has 1 atom stereocenters. The van der Waals surface area contributed by atoms with Gasteiger partial charge in [0.05, 0.1) is 0 Å². The molecule has 1 aromatic rings. The molecule has 2 nitrogen and oxygen atoms in total. The molecular formula is C12H14F3NO. The molecule has 0 radical (unpaired) electrons. The maximum atomic E-state index is 12.0. The molecule has 0 aliphatic carbocycles. The van der Waals surface area contributed by atoms with Gasteiger partial charge in [0, 0.05) is 6.54 Å². The van der Waals surface area contributed by atoms with Crippen LogP contribution in [0.4, 0.5) is 13.2 Å². The molecule has 1 heterocycles. The normalized spacial score (nSPS) is 20.5. The standard InChI is InChI=1S/C12H14F3NO/c13-12(14,15)8-17-11-3-1-2-9(6-11)10-4-5-16-7-10/h1-3,6,10,16H,4-5,7-8H2. The van der Waals surface area contributed by atoms with Crippen LogP contribution in [-0.2, 0) is 0 Å². The zero-order chi connectivity index (χ0) is 12.3. The van der Waals surface area contributed by atoms with E-state index < -0.39 is 12.8 Å². The Morgan fingerprint density at radius 1 is 1.35 bits per heavy atom. The average molecular weight is 245 g/mol. The summed E-state index contributed by atoms with van der Waals surface area (Å²) in [5.41, 5.74) is 1.04. The van der Waals surface area contributed by atoms with Gasteiger partial charge in [0.15, 0.2) is 6.61 Å². The fourth-order valence-electron chi connectivity index (χ4n) is 1.96. The van der Waals surface area contributed by atoms with Crippen molar-refractivity contribution in [3.05, 3.63) is 29.8 Å². The first-order valence-electron chi connectivity index (χ1n) is 5.55. The lowest BCUT2D eigenvalue weighted by Gasteiger charge is -2.12. The summed E-state index contributed by atoms with van der Waals surface area (Å²) in [6, 6.07) is 6.92. The maximum Gasteiger partial charge on any atom is 0.422 e. The molecule has 1 unspecified atom stereocenters. The van der Waals surface area contributed by atoms with Gasteiger partial charge in [0.25, 0.3) is 0 Å². The summed E-state index contributed by atoms with van der Waals surface area (Å²) in [7, 11) is 0. The van der Waals surface area contributed by atoms with Crippen LogP contribution in [0.25, 0.3) is 0 Å². The van der Waals surface area contributed by atoms with E-state index in [-0.39, 0.29) is 5.75 Å². The van der Waals surface area contributed by atoms with E-state index in [0.717, 1.165) is 25.1 Å². The van der Waals surface area contributed by atoms with Crippen molar-refractivity contribution in [2.24, 2.45) is 0 Å². The zero-order valence-electron chi connectivity index (χ0n) is 9.26. The third-order valence-corrected chi connectivity index (χ3v) is 2.79. The third-order valence-electron chi connectivity index (χ3n) is 2.79. The first-order valence-corrected chi connectivity index (χ1v) is 5.55. The summed E-state index contributed by atoms with van der Waals surface area (Å²) in [4.78, 5) is 0. The van der Waals surface area contributed by atoms with Crippen molar-refractivity contribution in [3.8, 4) is 5.75 Å². The molecule has 94 valence electrons. The van der Waals surface area contributed by atoms with Crippen molar-refractivity contribution >= 4 is 0 Å². The molecule has 1 aliphatic heterocycles. The van der Waals surface area contributed by atoms with E-state index in [4.69, 9.17) is 4.74 Å². The van der Waals surface area contributed by atoms with E-state index in [9.17, 15) is 13.2 Å². The number of hydrogen-bond donors (Lipinski definition) is 1. The van der Waals surface area contributed by atoms with E-state index in [2.05, 4.69) is 5.32 Å². The third kappa shape index (κ3) is 3.63. The first kappa shape index (κ1) is 12.2. The van der Waals surface area contributed by atoms with Crippen LogP contribution in [0.15, 0.2) is 24.3 Å². The van der Waals surface area contributed by atoms with E-state index in [1.165, 1.54) is 0 Å². The van der Waals surface area contributed by atoms with Gasteiger partial charge in [0.1, 0.15) is 5.75 Å². The highest BCUT2D eigenvalue weighted by Crippen LogP contribution is 2.26. The van der Waals surface area contributed by atoms with Gasteiger partial charge in [-0.1, -0.05) is 12.1 Å². The van der Waals surface area contributed by atoms with Gasteiger partial charge >= 0.3 is 6.18 Å². The van der Waals surface area contributed by atoms with Gasteiger partial charge in [-0.15, -0.1) is 0 Å². The Balaban J connectivity index is 2.01. The van der Waals surface area contributed by atoms with Crippen molar-refractivity contribution in [1.82, 2.24) is 5.32 Å². The van der Waals surface area contributed by atoms with Crippen LogP contribution in [-0.4, -0.2) is 25.9 Å². The minimum Gasteiger partial charge on any atom is -0.484 e. The van der Waals surface area contributed by atoms with Gasteiger partial charge < -0.3 is 10.1 Å². The second kappa shape index (κ2) is 4.96. The van der Waals surface area contributed by atoms with Crippen LogP contribution in [0.1, 0.15) is 17.9 Å². The van der Waals surface area contributed by atoms with Crippen LogP contribution in [0.3, 0.4) is 0 Å². The lowest BCUT2D eigenvalue weighted by Crippen LogP contribution is -2.19. The van der Waals surface area contributed by atoms with Gasteiger partial charge in [-0.05, 0) is 36.6 Å². The SMILES string of the molecule is FC(F)(F)COc1cccc(C2CCNC2)c1. The summed E-state index contributed by atoms with van der Waals surface area (Å²) in [5, 5.41) is 3.23. The van der Waals surface area contributed by atoms with Gasteiger partial charge in [-0.2, -0.15) is 13.2 Å². The lowest BCUT2D eigenvalue weighted by atomic mass is 9.98. The number of alkyl halides is 3. The van der Waals surface area contributed by atoms with E-state index in [1.807, 2.05) is 6.07 Å². The van der Waals surface area contributed by atoms with E-state index in [0.29, 0.717) is 5.92 Å². The van der Waals surface area contributed by atoms with Crippen LogP contribution in [0.2, 0.25) is 0 Å². The molecule has 1 saturated heterocycles. The molecule has 1 aromatic carbocycles. The summed E-state index contributed by atoms with van der Waals surface area (Å²) in [6.07, 6.45) is -3.27. The Morgan fingerprint density at radius 3 is 2.82 bits per heavy atom. The van der Waals surface area contributed by atoms with Gasteiger partial charge in [0.2, 0.25) is 0 Å². The number of nitrogens with one attached hydrogen (secondary N) is 1. The Kier molecular flexibility index (Phi) is 3.57. The molecule has 0 spiro atoms. The second-order valence-corrected chi connectivity index (χ2v) is 4.17. The van der Waals surface area contributed by atoms with Gasteiger partial charge in [-0.3, -0.25) is 0 Å². The lowest BCUT2D eigenvalue weighted by molar-refractivity contribution is -0.153. The van der Waals surface area contributed by atoms with Crippen molar-refractivity contribution < 1.29 is 17.9 Å². The number of hydrogen-bond acceptors (Lipinski definition) is 2. The predicted molar refractivity (Wildman–Crippen MR) is 58.2 cm³/mol. The molecule has 17 heavy (non-hydrogen) atoms. The Morgan fingerprint density at radius 2 is 2.18 bits per heavy atom. The Labute approximate surface area is 97.8 Å². The molecular weight excluding hydrogens is 231 g/mol. The molecule has 5 heteroatoms. The summed E-state index contributed by atoms with van der Waals surface area (Å²) in [5.74, 6) is 0.663. The smallest absolute Gasteiger partial charge is 0.422 e. The Bertz CT molecular complexity index is 372. The topological polar surface area (TPSA) is 21.3 Å². The molecule has 0 amide bonds. The quantitative estimate of drug-likeness (QED) is 0.884. The molecule has 1 fully saturated rings. The summed E-state index contributed by atoms with van der Waals surface area (Å²) in [6.45, 7) is 0.598. The van der Waals surface area contributed by atoms with E-state index in [1.54, 1.807) is 18.2 Å². The fourth-order valence-corrected chi connectivity index (χ4v) is 1.96. The van der Waals surface area contributed by atoms with Crippen LogP contribution < -0.4 is 10.1 Å². The minimum absolute atomic E-state index is 0.284. The van der Waals surface area contributed by atoms with Crippen molar-refractivity contribution in [1.29, 1.82) is 0 Å². The van der Waals surface area contributed by atoms with Crippen LogP contribution >= 0.6 is 0 Å². The van der Waals surface area contributed by atoms with Crippen LogP contribution in [0, 0.1) is 0 Å². The molecule has 0 bridgehead atoms. The second-order valence-electron chi connectivity index (χ2n) is 4.17. The summed E-state index contributed by atoms with van der Waals surface area (Å²) < 4.78 is 40.7. The Hall–Kier alpha value is -1.23. The maximum absolute atomic E-state index is 12.0. The van der Waals surface area contributed by atoms with E-state index >= 15 is 0 Å². The molecule has 0 saturated carbocycles. The number of rotatable bonds is 3. The summed E-state index contributed by atoms with van der Waals surface area (Å²) >= 11 is 0. The first-order chi connectivity index (χ1) is 8.04. The molecule has 0 aromatic heterocycles. The van der Waals surface area contributed by atoms with Crippen molar-refractivity contribution in [3.63, 3.8) is 0 Å². The van der Waals surface area contributed by atoms with Crippen molar-refractivity contribution in [2.45, 2.75) is 18.5 Å². The molecule has 1 aliphatic rings. The van der Waals surface area contributed by atoms with Crippen molar-refractivity contribution in [2.75, 3.05) is 19.7 Å². The largest absolute Gasteiger partial charge is 0.484 e. The van der Waals surface area contributed by atoms with Gasteiger partial charge in [-0.25, -0.2) is 0 Å². The number of halogens is 3. The zero-order valence-corrected chi connectivity index (χ0v) is 9.26. The predicted octanol–water partition coefficient (Wildman–Crippen LogP) is 2.70. The molecule has 1 N–H and O–H groups in total. The monoisotopic (exact) mass is 245 g/mol. The number of ether oxygens (including phenoxy) is 1. The average Bonchev–Trinajstić information content (AvgIpc) is 2.79. The highest BCUT2D eigenvalue weighted by atomic mass is 19.4. The highest BCUT2D eigenvalue weighted by molar-refractivity contribution is 5.31. The fraction of sp³-hybridized carbons (Fsp3) is 0.500. The minimum atomic E-state index is -4.29. The van der Waals surface area contributed by atoms with Crippen LogP contribution in [0.5, 0.6) is 5.75 Å². The number of benzene rings is 1. The molecule has 2 rings (SSSR count). The highest BCUT2D eigenvalue weighted by Gasteiger charge is 2.28.